The molecule has 1 aliphatic rings. The summed E-state index contributed by atoms with van der Waals surface area (Å²) in [5.74, 6) is -0.752. The Morgan fingerprint density at radius 3 is 2.68 bits per heavy atom. The number of hydrogen-bond donors (Lipinski definition) is 2. The standard InChI is InChI=1S/C17H17FN4O3/c18-12-3-1-11(2-4-12)13-6-8-16(24)22(21-13)10-9-19-17(25)14-5-7-15(23)20-14/h1-4,6,8,14H,5,7,9-10H2,(H,19,25)(H,20,23). The molecule has 1 fully saturated rings. The van der Waals surface area contributed by atoms with Gasteiger partial charge in [0.1, 0.15) is 11.9 Å². The fourth-order valence-corrected chi connectivity index (χ4v) is 2.60. The first-order valence-electron chi connectivity index (χ1n) is 7.94. The Kier molecular flexibility index (Phi) is 4.87. The van der Waals surface area contributed by atoms with Gasteiger partial charge >= 0.3 is 0 Å². The van der Waals surface area contributed by atoms with Crippen molar-refractivity contribution in [1.29, 1.82) is 0 Å². The molecule has 2 heterocycles. The quantitative estimate of drug-likeness (QED) is 0.823. The van der Waals surface area contributed by atoms with Gasteiger partial charge in [-0.3, -0.25) is 14.4 Å². The molecule has 1 aromatic carbocycles. The minimum atomic E-state index is -0.511. The molecule has 1 aliphatic heterocycles. The van der Waals surface area contributed by atoms with E-state index >= 15 is 0 Å². The van der Waals surface area contributed by atoms with E-state index in [-0.39, 0.29) is 36.3 Å². The van der Waals surface area contributed by atoms with Crippen molar-refractivity contribution in [1.82, 2.24) is 20.4 Å². The maximum Gasteiger partial charge on any atom is 0.266 e. The van der Waals surface area contributed by atoms with Gasteiger partial charge in [-0.2, -0.15) is 5.10 Å². The zero-order valence-corrected chi connectivity index (χ0v) is 13.4. The van der Waals surface area contributed by atoms with Crippen LogP contribution in [0.1, 0.15) is 12.8 Å². The molecule has 1 unspecified atom stereocenters. The second-order valence-corrected chi connectivity index (χ2v) is 5.74. The SMILES string of the molecule is O=C1CCC(C(=O)NCCn2nc(-c3ccc(F)cc3)ccc2=O)N1. The second kappa shape index (κ2) is 7.25. The van der Waals surface area contributed by atoms with Gasteiger partial charge in [-0.1, -0.05) is 0 Å². The highest BCUT2D eigenvalue weighted by Crippen LogP contribution is 2.15. The van der Waals surface area contributed by atoms with Gasteiger partial charge in [0.05, 0.1) is 12.2 Å². The molecule has 8 heteroatoms. The van der Waals surface area contributed by atoms with Crippen molar-refractivity contribution in [3.05, 3.63) is 52.6 Å². The van der Waals surface area contributed by atoms with E-state index < -0.39 is 6.04 Å². The molecule has 2 aromatic rings. The molecule has 2 N–H and O–H groups in total. The number of benzene rings is 1. The van der Waals surface area contributed by atoms with Crippen molar-refractivity contribution in [3.8, 4) is 11.3 Å². The maximum absolute atomic E-state index is 13.0. The van der Waals surface area contributed by atoms with Gasteiger partial charge in [0.15, 0.2) is 0 Å². The number of carbonyl (C=O) groups is 2. The number of halogens is 1. The summed E-state index contributed by atoms with van der Waals surface area (Å²) in [7, 11) is 0. The van der Waals surface area contributed by atoms with Gasteiger partial charge in [0, 0.05) is 24.6 Å². The van der Waals surface area contributed by atoms with Crippen LogP contribution in [0, 0.1) is 5.82 Å². The number of rotatable bonds is 5. The summed E-state index contributed by atoms with van der Waals surface area (Å²) >= 11 is 0. The first-order chi connectivity index (χ1) is 12.0. The summed E-state index contributed by atoms with van der Waals surface area (Å²) in [6.07, 6.45) is 0.821. The summed E-state index contributed by atoms with van der Waals surface area (Å²) in [4.78, 5) is 34.9. The fraction of sp³-hybridized carbons (Fsp3) is 0.294. The molecular formula is C17H17FN4O3. The first kappa shape index (κ1) is 16.8. The molecule has 0 saturated carbocycles. The minimum absolute atomic E-state index is 0.134. The zero-order valence-electron chi connectivity index (χ0n) is 13.4. The number of nitrogens with zero attached hydrogens (tertiary/aromatic N) is 2. The highest BCUT2D eigenvalue weighted by atomic mass is 19.1. The topological polar surface area (TPSA) is 93.1 Å². The monoisotopic (exact) mass is 344 g/mol. The lowest BCUT2D eigenvalue weighted by atomic mass is 10.1. The van der Waals surface area contributed by atoms with Crippen molar-refractivity contribution < 1.29 is 14.0 Å². The molecule has 0 radical (unpaired) electrons. The normalized spacial score (nSPS) is 16.5. The lowest BCUT2D eigenvalue weighted by Crippen LogP contribution is -2.43. The third kappa shape index (κ3) is 4.09. The van der Waals surface area contributed by atoms with E-state index in [4.69, 9.17) is 0 Å². The van der Waals surface area contributed by atoms with E-state index in [1.54, 1.807) is 18.2 Å². The van der Waals surface area contributed by atoms with Crippen molar-refractivity contribution in [2.45, 2.75) is 25.4 Å². The zero-order chi connectivity index (χ0) is 17.8. The summed E-state index contributed by atoms with van der Waals surface area (Å²) in [5, 5.41) is 9.51. The van der Waals surface area contributed by atoms with Crippen molar-refractivity contribution in [3.63, 3.8) is 0 Å². The molecule has 130 valence electrons. The van der Waals surface area contributed by atoms with Gasteiger partial charge in [-0.05, 0) is 36.8 Å². The van der Waals surface area contributed by atoms with Crippen molar-refractivity contribution in [2.75, 3.05) is 6.54 Å². The van der Waals surface area contributed by atoms with Gasteiger partial charge in [0.25, 0.3) is 5.56 Å². The average Bonchev–Trinajstić information content (AvgIpc) is 3.04. The summed E-state index contributed by atoms with van der Waals surface area (Å²) in [6.45, 7) is 0.408. The summed E-state index contributed by atoms with van der Waals surface area (Å²) in [6, 6.07) is 8.24. The molecule has 0 bridgehead atoms. The number of hydrogen-bond acceptors (Lipinski definition) is 4. The van der Waals surface area contributed by atoms with Crippen molar-refractivity contribution in [2.24, 2.45) is 0 Å². The second-order valence-electron chi connectivity index (χ2n) is 5.74. The highest BCUT2D eigenvalue weighted by molar-refractivity contribution is 5.90. The Hall–Kier alpha value is -3.03. The van der Waals surface area contributed by atoms with Gasteiger partial charge in [-0.25, -0.2) is 9.07 Å². The van der Waals surface area contributed by atoms with Crippen LogP contribution in [0.5, 0.6) is 0 Å². The van der Waals surface area contributed by atoms with E-state index in [0.717, 1.165) is 0 Å². The molecule has 1 saturated heterocycles. The van der Waals surface area contributed by atoms with Crippen LogP contribution >= 0.6 is 0 Å². The Bertz CT molecular complexity index is 848. The Morgan fingerprint density at radius 1 is 1.24 bits per heavy atom. The summed E-state index contributed by atoms with van der Waals surface area (Å²) < 4.78 is 14.2. The summed E-state index contributed by atoms with van der Waals surface area (Å²) in [5.41, 5.74) is 0.927. The molecule has 3 rings (SSSR count). The van der Waals surface area contributed by atoms with E-state index in [2.05, 4.69) is 15.7 Å². The van der Waals surface area contributed by atoms with Gasteiger partial charge in [0.2, 0.25) is 11.8 Å². The maximum atomic E-state index is 13.0. The van der Waals surface area contributed by atoms with Crippen LogP contribution in [0.15, 0.2) is 41.2 Å². The molecular weight excluding hydrogens is 327 g/mol. The number of aromatic nitrogens is 2. The van der Waals surface area contributed by atoms with Crippen LogP contribution < -0.4 is 16.2 Å². The predicted molar refractivity (Wildman–Crippen MR) is 88.1 cm³/mol. The molecule has 1 atom stereocenters. The van der Waals surface area contributed by atoms with Crippen LogP contribution in [-0.2, 0) is 16.1 Å². The Balaban J connectivity index is 1.63. The van der Waals surface area contributed by atoms with E-state index in [1.807, 2.05) is 0 Å². The molecule has 0 aliphatic carbocycles. The lowest BCUT2D eigenvalue weighted by Gasteiger charge is -2.12. The molecule has 25 heavy (non-hydrogen) atoms. The third-order valence-electron chi connectivity index (χ3n) is 3.94. The lowest BCUT2D eigenvalue weighted by molar-refractivity contribution is -0.125. The van der Waals surface area contributed by atoms with E-state index in [1.165, 1.54) is 22.9 Å². The van der Waals surface area contributed by atoms with E-state index in [0.29, 0.717) is 24.1 Å². The third-order valence-corrected chi connectivity index (χ3v) is 3.94. The molecule has 1 aromatic heterocycles. The first-order valence-corrected chi connectivity index (χ1v) is 7.94. The van der Waals surface area contributed by atoms with Gasteiger partial charge in [-0.15, -0.1) is 0 Å². The largest absolute Gasteiger partial charge is 0.352 e. The van der Waals surface area contributed by atoms with Crippen LogP contribution in [0.4, 0.5) is 4.39 Å². The van der Waals surface area contributed by atoms with Crippen molar-refractivity contribution >= 4 is 11.8 Å². The molecule has 7 nitrogen and oxygen atoms in total. The fourth-order valence-electron chi connectivity index (χ4n) is 2.60. The van der Waals surface area contributed by atoms with E-state index in [9.17, 15) is 18.8 Å². The minimum Gasteiger partial charge on any atom is -0.352 e. The van der Waals surface area contributed by atoms with Crippen LogP contribution in [-0.4, -0.2) is 34.2 Å². The number of amides is 2. The van der Waals surface area contributed by atoms with Crippen LogP contribution in [0.2, 0.25) is 0 Å². The smallest absolute Gasteiger partial charge is 0.266 e. The molecule has 2 amide bonds. The average molecular weight is 344 g/mol. The highest BCUT2D eigenvalue weighted by Gasteiger charge is 2.26. The van der Waals surface area contributed by atoms with Crippen LogP contribution in [0.3, 0.4) is 0 Å². The van der Waals surface area contributed by atoms with Gasteiger partial charge < -0.3 is 10.6 Å². The van der Waals surface area contributed by atoms with Crippen LogP contribution in [0.25, 0.3) is 11.3 Å². The number of nitrogens with one attached hydrogen (secondary N) is 2. The predicted octanol–water partition coefficient (Wildman–Crippen LogP) is 0.444. The Morgan fingerprint density at radius 2 is 2.00 bits per heavy atom. The Labute approximate surface area is 142 Å². The molecule has 0 spiro atoms. The number of carbonyl (C=O) groups excluding carboxylic acids is 2.